The summed E-state index contributed by atoms with van der Waals surface area (Å²) >= 11 is 0. The first-order valence-electron chi connectivity index (χ1n) is 6.52. The number of hydrogen-bond donors (Lipinski definition) is 0. The van der Waals surface area contributed by atoms with Crippen LogP contribution in [0.2, 0.25) is 0 Å². The Morgan fingerprint density at radius 3 is 2.84 bits per heavy atom. The lowest BCUT2D eigenvalue weighted by molar-refractivity contribution is 0.161. The van der Waals surface area contributed by atoms with Crippen LogP contribution in [0.1, 0.15) is 30.0 Å². The zero-order valence-electron chi connectivity index (χ0n) is 11.2. The van der Waals surface area contributed by atoms with Crippen molar-refractivity contribution in [1.82, 2.24) is 14.1 Å². The molecule has 0 radical (unpaired) electrons. The Hall–Kier alpha value is -0.920. The van der Waals surface area contributed by atoms with Gasteiger partial charge in [-0.2, -0.15) is 9.40 Å². The summed E-state index contributed by atoms with van der Waals surface area (Å²) in [6, 6.07) is 0. The molecule has 1 aliphatic heterocycles. The number of nitrogens with zero attached hydrogens (tertiary/aromatic N) is 3. The Morgan fingerprint density at radius 2 is 2.21 bits per heavy atom. The van der Waals surface area contributed by atoms with Crippen LogP contribution in [0, 0.1) is 0 Å². The van der Waals surface area contributed by atoms with Crippen molar-refractivity contribution in [2.75, 3.05) is 20.3 Å². The molecule has 2 aliphatic rings. The molecule has 106 valence electrons. The number of aromatic nitrogens is 2. The van der Waals surface area contributed by atoms with Crippen molar-refractivity contribution in [3.63, 3.8) is 0 Å². The van der Waals surface area contributed by atoms with Gasteiger partial charge in [0.25, 0.3) is 0 Å². The lowest BCUT2D eigenvalue weighted by Gasteiger charge is -2.30. The Balaban J connectivity index is 1.91. The van der Waals surface area contributed by atoms with Crippen LogP contribution in [0.25, 0.3) is 0 Å². The molecule has 19 heavy (non-hydrogen) atoms. The van der Waals surface area contributed by atoms with Gasteiger partial charge in [-0.3, -0.25) is 4.68 Å². The molecule has 1 saturated carbocycles. The molecule has 0 amide bonds. The summed E-state index contributed by atoms with van der Waals surface area (Å²) in [6.07, 6.45) is 3.51. The SMILES string of the molecule is COCC1CN(S(=O)(=O)C2CC2)Cc2cn(C)nc21. The minimum absolute atomic E-state index is 0.0310. The molecule has 6 nitrogen and oxygen atoms in total. The third kappa shape index (κ3) is 2.30. The monoisotopic (exact) mass is 285 g/mol. The predicted octanol–water partition coefficient (Wildman–Crippen LogP) is 0.458. The minimum atomic E-state index is -3.13. The molecule has 0 spiro atoms. The highest BCUT2D eigenvalue weighted by atomic mass is 32.2. The summed E-state index contributed by atoms with van der Waals surface area (Å²) in [7, 11) is 0.366. The summed E-state index contributed by atoms with van der Waals surface area (Å²) in [6.45, 7) is 1.43. The summed E-state index contributed by atoms with van der Waals surface area (Å²) < 4.78 is 33.3. The Morgan fingerprint density at radius 1 is 1.47 bits per heavy atom. The molecule has 0 N–H and O–H groups in total. The topological polar surface area (TPSA) is 64.4 Å². The lowest BCUT2D eigenvalue weighted by atomic mass is 9.99. The van der Waals surface area contributed by atoms with Crippen molar-refractivity contribution in [3.05, 3.63) is 17.5 Å². The molecule has 0 aromatic carbocycles. The van der Waals surface area contributed by atoms with Crippen molar-refractivity contribution >= 4 is 10.0 Å². The minimum Gasteiger partial charge on any atom is -0.384 e. The molecular weight excluding hydrogens is 266 g/mol. The first-order valence-corrected chi connectivity index (χ1v) is 8.03. The molecule has 0 bridgehead atoms. The fourth-order valence-electron chi connectivity index (χ4n) is 2.71. The van der Waals surface area contributed by atoms with Crippen molar-refractivity contribution in [2.24, 2.45) is 7.05 Å². The Bertz CT molecular complexity index is 577. The standard InChI is InChI=1S/C12H19N3O3S/c1-14-5-9-6-15(19(16,17)11-3-4-11)7-10(8-18-2)12(9)13-14/h5,10-11H,3-4,6-8H2,1-2H3. The van der Waals surface area contributed by atoms with Crippen LogP contribution < -0.4 is 0 Å². The molecular formula is C12H19N3O3S. The first kappa shape index (κ1) is 13.1. The Kier molecular flexibility index (Phi) is 3.15. The van der Waals surface area contributed by atoms with Crippen LogP contribution >= 0.6 is 0 Å². The van der Waals surface area contributed by atoms with Gasteiger partial charge in [-0.05, 0) is 12.8 Å². The maximum atomic E-state index is 12.4. The van der Waals surface area contributed by atoms with Crippen molar-refractivity contribution in [3.8, 4) is 0 Å². The van der Waals surface area contributed by atoms with Gasteiger partial charge in [0.05, 0.1) is 17.6 Å². The number of rotatable bonds is 4. The molecule has 2 heterocycles. The first-order chi connectivity index (χ1) is 9.02. The van der Waals surface area contributed by atoms with Gasteiger partial charge in [0.1, 0.15) is 0 Å². The zero-order chi connectivity index (χ0) is 13.6. The number of hydrogen-bond acceptors (Lipinski definition) is 4. The van der Waals surface area contributed by atoms with Gasteiger partial charge in [0.15, 0.2) is 0 Å². The molecule has 3 rings (SSSR count). The van der Waals surface area contributed by atoms with Crippen LogP contribution in [0.3, 0.4) is 0 Å². The van der Waals surface area contributed by atoms with Crippen molar-refractivity contribution in [1.29, 1.82) is 0 Å². The summed E-state index contributed by atoms with van der Waals surface area (Å²) in [5.41, 5.74) is 1.98. The highest BCUT2D eigenvalue weighted by Crippen LogP contribution is 2.36. The molecule has 1 aliphatic carbocycles. The maximum absolute atomic E-state index is 12.4. The highest BCUT2D eigenvalue weighted by Gasteiger charge is 2.43. The fourth-order valence-corrected chi connectivity index (χ4v) is 4.57. The van der Waals surface area contributed by atoms with Gasteiger partial charge in [0, 0.05) is 44.9 Å². The van der Waals surface area contributed by atoms with E-state index in [2.05, 4.69) is 5.10 Å². The number of aryl methyl sites for hydroxylation is 1. The summed E-state index contributed by atoms with van der Waals surface area (Å²) in [5.74, 6) is 0.0310. The average Bonchev–Trinajstić information content (AvgIpc) is 3.12. The third-order valence-electron chi connectivity index (χ3n) is 3.77. The van der Waals surface area contributed by atoms with Gasteiger partial charge in [-0.1, -0.05) is 0 Å². The second kappa shape index (κ2) is 4.57. The quantitative estimate of drug-likeness (QED) is 0.806. The molecule has 1 aromatic rings. The largest absolute Gasteiger partial charge is 0.384 e. The van der Waals surface area contributed by atoms with E-state index in [9.17, 15) is 8.42 Å². The normalized spacial score (nSPS) is 24.4. The third-order valence-corrected chi connectivity index (χ3v) is 6.08. The number of sulfonamides is 1. The van der Waals surface area contributed by atoms with Crippen LogP contribution in [-0.4, -0.2) is 48.0 Å². The maximum Gasteiger partial charge on any atom is 0.217 e. The molecule has 1 unspecified atom stereocenters. The van der Waals surface area contributed by atoms with E-state index in [4.69, 9.17) is 4.74 Å². The zero-order valence-corrected chi connectivity index (χ0v) is 12.1. The van der Waals surface area contributed by atoms with Gasteiger partial charge < -0.3 is 4.74 Å². The van der Waals surface area contributed by atoms with E-state index in [1.165, 1.54) is 0 Å². The van der Waals surface area contributed by atoms with E-state index in [1.807, 2.05) is 13.2 Å². The Labute approximate surface area is 113 Å². The van der Waals surface area contributed by atoms with Crippen molar-refractivity contribution < 1.29 is 13.2 Å². The van der Waals surface area contributed by atoms with Crippen LogP contribution in [0.5, 0.6) is 0 Å². The molecule has 7 heteroatoms. The second-order valence-electron chi connectivity index (χ2n) is 5.40. The van der Waals surface area contributed by atoms with E-state index in [0.717, 1.165) is 24.1 Å². The van der Waals surface area contributed by atoms with E-state index in [1.54, 1.807) is 16.1 Å². The lowest BCUT2D eigenvalue weighted by Crippen LogP contribution is -2.40. The second-order valence-corrected chi connectivity index (χ2v) is 7.62. The van der Waals surface area contributed by atoms with E-state index < -0.39 is 10.0 Å². The van der Waals surface area contributed by atoms with Crippen molar-refractivity contribution in [2.45, 2.75) is 30.6 Å². The number of ether oxygens (including phenoxy) is 1. The van der Waals surface area contributed by atoms with Gasteiger partial charge in [-0.25, -0.2) is 8.42 Å². The molecule has 1 aromatic heterocycles. The highest BCUT2D eigenvalue weighted by molar-refractivity contribution is 7.90. The number of fused-ring (bicyclic) bond motifs is 1. The predicted molar refractivity (Wildman–Crippen MR) is 70.2 cm³/mol. The van der Waals surface area contributed by atoms with Gasteiger partial charge in [-0.15, -0.1) is 0 Å². The van der Waals surface area contributed by atoms with E-state index in [-0.39, 0.29) is 11.2 Å². The summed E-state index contributed by atoms with van der Waals surface area (Å²) in [5, 5.41) is 4.28. The van der Waals surface area contributed by atoms with Crippen LogP contribution in [-0.2, 0) is 28.4 Å². The van der Waals surface area contributed by atoms with Gasteiger partial charge in [0.2, 0.25) is 10.0 Å². The molecule has 1 fully saturated rings. The summed E-state index contributed by atoms with van der Waals surface area (Å²) in [4.78, 5) is 0. The van der Waals surface area contributed by atoms with Gasteiger partial charge >= 0.3 is 0 Å². The number of methoxy groups -OCH3 is 1. The van der Waals surface area contributed by atoms with E-state index in [0.29, 0.717) is 19.7 Å². The average molecular weight is 285 g/mol. The smallest absolute Gasteiger partial charge is 0.217 e. The molecule has 0 saturated heterocycles. The molecule has 1 atom stereocenters. The fraction of sp³-hybridized carbons (Fsp3) is 0.750. The van der Waals surface area contributed by atoms with E-state index >= 15 is 0 Å². The van der Waals surface area contributed by atoms with Crippen LogP contribution in [0.15, 0.2) is 6.20 Å². The van der Waals surface area contributed by atoms with Crippen LogP contribution in [0.4, 0.5) is 0 Å².